The first-order valence-electron chi connectivity index (χ1n) is 6.97. The predicted octanol–water partition coefficient (Wildman–Crippen LogP) is 3.46. The van der Waals surface area contributed by atoms with Crippen LogP contribution in [0.25, 0.3) is 0 Å². The van der Waals surface area contributed by atoms with Gasteiger partial charge in [0.15, 0.2) is 5.60 Å². The topological polar surface area (TPSA) is 38.8 Å². The van der Waals surface area contributed by atoms with Crippen LogP contribution in [0.15, 0.2) is 0 Å². The van der Waals surface area contributed by atoms with Crippen molar-refractivity contribution in [2.24, 2.45) is 0 Å². The van der Waals surface area contributed by atoms with Crippen LogP contribution in [-0.2, 0) is 14.3 Å². The zero-order chi connectivity index (χ0) is 12.6. The van der Waals surface area contributed by atoms with E-state index in [1.807, 2.05) is 0 Å². The molecule has 0 amide bonds. The monoisotopic (exact) mass is 242 g/mol. The minimum absolute atomic E-state index is 0.194. The van der Waals surface area contributed by atoms with Gasteiger partial charge < -0.3 is 9.47 Å². The van der Waals surface area contributed by atoms with E-state index in [1.165, 1.54) is 52.1 Å². The fourth-order valence-corrected chi connectivity index (χ4v) is 2.18. The van der Waals surface area contributed by atoms with Crippen molar-refractivity contribution in [3.05, 3.63) is 0 Å². The Kier molecular flexibility index (Phi) is 6.56. The molecule has 0 bridgehead atoms. The second-order valence-corrected chi connectivity index (χ2v) is 5.00. The molecule has 0 spiro atoms. The van der Waals surface area contributed by atoms with E-state index >= 15 is 0 Å². The van der Waals surface area contributed by atoms with Crippen molar-refractivity contribution in [2.75, 3.05) is 13.7 Å². The van der Waals surface area contributed by atoms with E-state index in [0.717, 1.165) is 12.8 Å². The highest BCUT2D eigenvalue weighted by Gasteiger charge is 2.52. The Labute approximate surface area is 105 Å². The minimum Gasteiger partial charge on any atom is -0.467 e. The SMILES string of the molecule is CCCCCCCCCCC1(C(=O)OC)CO1. The van der Waals surface area contributed by atoms with Gasteiger partial charge >= 0.3 is 5.97 Å². The summed E-state index contributed by atoms with van der Waals surface area (Å²) in [6.07, 6.45) is 11.1. The molecule has 1 fully saturated rings. The first kappa shape index (κ1) is 14.5. The lowest BCUT2D eigenvalue weighted by Crippen LogP contribution is -2.25. The summed E-state index contributed by atoms with van der Waals surface area (Å²) < 4.78 is 9.97. The van der Waals surface area contributed by atoms with Crippen LogP contribution in [0, 0.1) is 0 Å². The summed E-state index contributed by atoms with van der Waals surface area (Å²) in [7, 11) is 1.43. The molecule has 0 N–H and O–H groups in total. The van der Waals surface area contributed by atoms with Crippen LogP contribution in [0.2, 0.25) is 0 Å². The molecule has 1 heterocycles. The Morgan fingerprint density at radius 1 is 1.12 bits per heavy atom. The van der Waals surface area contributed by atoms with Crippen molar-refractivity contribution < 1.29 is 14.3 Å². The number of rotatable bonds is 10. The van der Waals surface area contributed by atoms with E-state index in [9.17, 15) is 4.79 Å². The van der Waals surface area contributed by atoms with Crippen molar-refractivity contribution in [1.82, 2.24) is 0 Å². The van der Waals surface area contributed by atoms with E-state index in [0.29, 0.717) is 6.61 Å². The van der Waals surface area contributed by atoms with Crippen molar-refractivity contribution in [2.45, 2.75) is 70.3 Å². The van der Waals surface area contributed by atoms with Crippen LogP contribution in [0.5, 0.6) is 0 Å². The van der Waals surface area contributed by atoms with Crippen LogP contribution in [0.4, 0.5) is 0 Å². The van der Waals surface area contributed by atoms with E-state index in [2.05, 4.69) is 6.92 Å². The molecule has 0 radical (unpaired) electrons. The fraction of sp³-hybridized carbons (Fsp3) is 0.929. The number of unbranched alkanes of at least 4 members (excludes halogenated alkanes) is 7. The number of hydrogen-bond donors (Lipinski definition) is 0. The summed E-state index contributed by atoms with van der Waals surface area (Å²) in [5, 5.41) is 0. The Morgan fingerprint density at radius 3 is 2.12 bits per heavy atom. The molecule has 1 rings (SSSR count). The smallest absolute Gasteiger partial charge is 0.340 e. The highest BCUT2D eigenvalue weighted by atomic mass is 16.6. The normalized spacial score (nSPS) is 22.5. The van der Waals surface area contributed by atoms with E-state index in [-0.39, 0.29) is 5.97 Å². The number of esters is 1. The van der Waals surface area contributed by atoms with Crippen LogP contribution < -0.4 is 0 Å². The maximum Gasteiger partial charge on any atom is 0.340 e. The number of hydrogen-bond acceptors (Lipinski definition) is 3. The summed E-state index contributed by atoms with van der Waals surface area (Å²) in [5.41, 5.74) is -0.559. The van der Waals surface area contributed by atoms with Gasteiger partial charge in [0.05, 0.1) is 13.7 Å². The standard InChI is InChI=1S/C14H26O3/c1-3-4-5-6-7-8-9-10-11-14(12-17-14)13(15)16-2/h3-12H2,1-2H3. The molecule has 0 aromatic carbocycles. The average Bonchev–Trinajstić information content (AvgIpc) is 3.13. The van der Waals surface area contributed by atoms with Crippen LogP contribution >= 0.6 is 0 Å². The summed E-state index contributed by atoms with van der Waals surface area (Å²) in [6, 6.07) is 0. The molecule has 0 aromatic heterocycles. The lowest BCUT2D eigenvalue weighted by molar-refractivity contribution is -0.147. The van der Waals surface area contributed by atoms with Crippen molar-refractivity contribution in [3.63, 3.8) is 0 Å². The quantitative estimate of drug-likeness (QED) is 0.334. The van der Waals surface area contributed by atoms with Gasteiger partial charge in [0, 0.05) is 0 Å². The zero-order valence-corrected chi connectivity index (χ0v) is 11.3. The Balaban J connectivity index is 1.92. The fourth-order valence-electron chi connectivity index (χ4n) is 2.18. The number of epoxide rings is 1. The lowest BCUT2D eigenvalue weighted by Gasteiger charge is -2.08. The number of methoxy groups -OCH3 is 1. The molecule has 1 atom stereocenters. The average molecular weight is 242 g/mol. The Morgan fingerprint density at radius 2 is 1.65 bits per heavy atom. The maximum atomic E-state index is 11.4. The van der Waals surface area contributed by atoms with Crippen molar-refractivity contribution >= 4 is 5.97 Å². The summed E-state index contributed by atoms with van der Waals surface area (Å²) >= 11 is 0. The first-order valence-corrected chi connectivity index (χ1v) is 6.97. The molecule has 1 unspecified atom stereocenters. The molecule has 3 nitrogen and oxygen atoms in total. The lowest BCUT2D eigenvalue weighted by atomic mass is 10.0. The van der Waals surface area contributed by atoms with Gasteiger partial charge in [-0.1, -0.05) is 51.9 Å². The van der Waals surface area contributed by atoms with E-state index < -0.39 is 5.60 Å². The van der Waals surface area contributed by atoms with E-state index in [1.54, 1.807) is 0 Å². The third-order valence-corrected chi connectivity index (χ3v) is 3.48. The Bertz CT molecular complexity index is 222. The molecule has 0 aliphatic carbocycles. The second-order valence-electron chi connectivity index (χ2n) is 5.00. The molecular formula is C14H26O3. The molecule has 1 saturated heterocycles. The van der Waals surface area contributed by atoms with Gasteiger partial charge in [0.1, 0.15) is 0 Å². The number of carbonyl (C=O) groups excluding carboxylic acids is 1. The van der Waals surface area contributed by atoms with Gasteiger partial charge in [-0.3, -0.25) is 0 Å². The molecule has 0 saturated carbocycles. The molecular weight excluding hydrogens is 216 g/mol. The minimum atomic E-state index is -0.559. The van der Waals surface area contributed by atoms with E-state index in [4.69, 9.17) is 9.47 Å². The molecule has 1 aliphatic heterocycles. The van der Waals surface area contributed by atoms with Crippen LogP contribution in [0.1, 0.15) is 64.7 Å². The van der Waals surface area contributed by atoms with Gasteiger partial charge in [-0.15, -0.1) is 0 Å². The third-order valence-electron chi connectivity index (χ3n) is 3.48. The summed E-state index contributed by atoms with van der Waals surface area (Å²) in [5.74, 6) is -0.194. The maximum absolute atomic E-state index is 11.4. The molecule has 17 heavy (non-hydrogen) atoms. The molecule has 3 heteroatoms. The second kappa shape index (κ2) is 7.70. The summed E-state index contributed by atoms with van der Waals surface area (Å²) in [4.78, 5) is 11.4. The van der Waals surface area contributed by atoms with Gasteiger partial charge in [0.25, 0.3) is 0 Å². The van der Waals surface area contributed by atoms with Crippen molar-refractivity contribution in [3.8, 4) is 0 Å². The first-order chi connectivity index (χ1) is 8.25. The zero-order valence-electron chi connectivity index (χ0n) is 11.3. The van der Waals surface area contributed by atoms with Gasteiger partial charge in [-0.2, -0.15) is 0 Å². The largest absolute Gasteiger partial charge is 0.467 e. The van der Waals surface area contributed by atoms with Gasteiger partial charge in [-0.25, -0.2) is 4.79 Å². The van der Waals surface area contributed by atoms with Crippen LogP contribution in [0.3, 0.4) is 0 Å². The number of ether oxygens (including phenoxy) is 2. The van der Waals surface area contributed by atoms with Gasteiger partial charge in [0.2, 0.25) is 0 Å². The predicted molar refractivity (Wildman–Crippen MR) is 67.9 cm³/mol. The third kappa shape index (κ3) is 5.07. The highest BCUT2D eigenvalue weighted by molar-refractivity contribution is 5.82. The number of carbonyl (C=O) groups is 1. The Hall–Kier alpha value is -0.570. The molecule has 1 aliphatic rings. The highest BCUT2D eigenvalue weighted by Crippen LogP contribution is 2.34. The van der Waals surface area contributed by atoms with Gasteiger partial charge in [-0.05, 0) is 12.8 Å². The molecule has 100 valence electrons. The molecule has 0 aromatic rings. The van der Waals surface area contributed by atoms with Crippen LogP contribution in [-0.4, -0.2) is 25.3 Å². The summed E-state index contributed by atoms with van der Waals surface area (Å²) in [6.45, 7) is 2.79. The van der Waals surface area contributed by atoms with Crippen molar-refractivity contribution in [1.29, 1.82) is 0 Å².